The van der Waals surface area contributed by atoms with E-state index in [9.17, 15) is 4.79 Å². The van der Waals surface area contributed by atoms with Crippen molar-refractivity contribution in [1.29, 1.82) is 0 Å². The van der Waals surface area contributed by atoms with Gasteiger partial charge in [-0.2, -0.15) is 0 Å². The van der Waals surface area contributed by atoms with Gasteiger partial charge in [0.2, 0.25) is 0 Å². The first-order valence-electron chi connectivity index (χ1n) is 7.32. The summed E-state index contributed by atoms with van der Waals surface area (Å²) in [7, 11) is 7.86. The molecular formula is C16H22BrN5O. The molecule has 0 aliphatic carbocycles. The van der Waals surface area contributed by atoms with Crippen LogP contribution in [-0.4, -0.2) is 48.7 Å². The zero-order chi connectivity index (χ0) is 17.0. The quantitative estimate of drug-likeness (QED) is 0.834. The van der Waals surface area contributed by atoms with Crippen molar-refractivity contribution in [2.75, 3.05) is 44.4 Å². The van der Waals surface area contributed by atoms with Crippen LogP contribution in [0.5, 0.6) is 0 Å². The van der Waals surface area contributed by atoms with E-state index in [1.807, 2.05) is 19.2 Å². The van der Waals surface area contributed by atoms with E-state index in [-0.39, 0.29) is 5.56 Å². The highest BCUT2D eigenvalue weighted by Crippen LogP contribution is 2.18. The van der Waals surface area contributed by atoms with E-state index in [0.717, 1.165) is 23.2 Å². The van der Waals surface area contributed by atoms with Crippen molar-refractivity contribution < 1.29 is 0 Å². The first-order chi connectivity index (χ1) is 10.9. The Kier molecular flexibility index (Phi) is 5.79. The maximum atomic E-state index is 12.1. The van der Waals surface area contributed by atoms with Crippen LogP contribution in [0.2, 0.25) is 0 Å². The standard InChI is InChI=1S/C16H22BrN5O/c1-20(2)7-8-21(3)13-5-6-15(18-10-13)19-14-9-12(17)11-22(4)16(14)23/h5-6,9-11H,7-8H2,1-4H3,(H,18,19). The third-order valence-corrected chi connectivity index (χ3v) is 3.92. The van der Waals surface area contributed by atoms with E-state index in [1.54, 1.807) is 25.5 Å². The molecule has 0 saturated carbocycles. The van der Waals surface area contributed by atoms with E-state index < -0.39 is 0 Å². The predicted octanol–water partition coefficient (Wildman–Crippen LogP) is 2.28. The van der Waals surface area contributed by atoms with Gasteiger partial charge in [0, 0.05) is 37.9 Å². The molecule has 2 rings (SSSR count). The van der Waals surface area contributed by atoms with Crippen molar-refractivity contribution in [1.82, 2.24) is 14.5 Å². The molecule has 0 aliphatic rings. The van der Waals surface area contributed by atoms with Gasteiger partial charge in [0.25, 0.3) is 5.56 Å². The number of pyridine rings is 2. The Bertz CT molecular complexity index is 711. The fourth-order valence-electron chi connectivity index (χ4n) is 2.06. The molecule has 0 radical (unpaired) electrons. The first-order valence-corrected chi connectivity index (χ1v) is 8.11. The van der Waals surface area contributed by atoms with Crippen LogP contribution in [0.3, 0.4) is 0 Å². The number of nitrogens with one attached hydrogen (secondary N) is 1. The second-order valence-corrected chi connectivity index (χ2v) is 6.66. The van der Waals surface area contributed by atoms with E-state index >= 15 is 0 Å². The largest absolute Gasteiger partial charge is 0.372 e. The van der Waals surface area contributed by atoms with Gasteiger partial charge in [-0.3, -0.25) is 4.79 Å². The zero-order valence-electron chi connectivity index (χ0n) is 13.9. The number of rotatable bonds is 6. The maximum absolute atomic E-state index is 12.1. The van der Waals surface area contributed by atoms with Crippen LogP contribution in [-0.2, 0) is 7.05 Å². The topological polar surface area (TPSA) is 53.4 Å². The van der Waals surface area contributed by atoms with Crippen molar-refractivity contribution >= 4 is 33.1 Å². The number of likely N-dealkylation sites (N-methyl/N-ethyl adjacent to an activating group) is 2. The lowest BCUT2D eigenvalue weighted by atomic mass is 10.3. The fourth-order valence-corrected chi connectivity index (χ4v) is 2.60. The fraction of sp³-hybridized carbons (Fsp3) is 0.375. The molecule has 0 atom stereocenters. The molecule has 124 valence electrons. The Balaban J connectivity index is 2.10. The molecule has 0 saturated heterocycles. The lowest BCUT2D eigenvalue weighted by Gasteiger charge is -2.21. The SMILES string of the molecule is CN(C)CCN(C)c1ccc(Nc2cc(Br)cn(C)c2=O)nc1. The van der Waals surface area contributed by atoms with Gasteiger partial charge in [0.15, 0.2) is 0 Å². The second kappa shape index (κ2) is 7.61. The van der Waals surface area contributed by atoms with Crippen molar-refractivity contribution in [3.8, 4) is 0 Å². The molecule has 2 aromatic rings. The van der Waals surface area contributed by atoms with Crippen LogP contribution in [0.4, 0.5) is 17.2 Å². The summed E-state index contributed by atoms with van der Waals surface area (Å²) < 4.78 is 2.36. The molecule has 1 N–H and O–H groups in total. The third-order valence-electron chi connectivity index (χ3n) is 3.48. The highest BCUT2D eigenvalue weighted by Gasteiger charge is 2.06. The molecule has 0 bridgehead atoms. The number of halogens is 1. The Morgan fingerprint density at radius 1 is 1.26 bits per heavy atom. The molecule has 0 fully saturated rings. The summed E-state index contributed by atoms with van der Waals surface area (Å²) in [6.45, 7) is 1.90. The smallest absolute Gasteiger partial charge is 0.274 e. The van der Waals surface area contributed by atoms with Crippen molar-refractivity contribution in [2.24, 2.45) is 7.05 Å². The number of aromatic nitrogens is 2. The van der Waals surface area contributed by atoms with Crippen LogP contribution < -0.4 is 15.8 Å². The van der Waals surface area contributed by atoms with Crippen molar-refractivity contribution in [2.45, 2.75) is 0 Å². The van der Waals surface area contributed by atoms with Gasteiger partial charge >= 0.3 is 0 Å². The Morgan fingerprint density at radius 3 is 2.61 bits per heavy atom. The third kappa shape index (κ3) is 4.80. The van der Waals surface area contributed by atoms with E-state index in [2.05, 4.69) is 50.1 Å². The number of hydrogen-bond acceptors (Lipinski definition) is 5. The van der Waals surface area contributed by atoms with Crippen LogP contribution in [0.1, 0.15) is 0 Å². The van der Waals surface area contributed by atoms with E-state index in [0.29, 0.717) is 11.5 Å². The van der Waals surface area contributed by atoms with E-state index in [4.69, 9.17) is 0 Å². The molecule has 6 nitrogen and oxygen atoms in total. The highest BCUT2D eigenvalue weighted by molar-refractivity contribution is 9.10. The summed E-state index contributed by atoms with van der Waals surface area (Å²) in [4.78, 5) is 20.8. The summed E-state index contributed by atoms with van der Waals surface area (Å²) >= 11 is 3.39. The summed E-state index contributed by atoms with van der Waals surface area (Å²) in [6.07, 6.45) is 3.53. The maximum Gasteiger partial charge on any atom is 0.274 e. The van der Waals surface area contributed by atoms with Crippen molar-refractivity contribution in [3.63, 3.8) is 0 Å². The predicted molar refractivity (Wildman–Crippen MR) is 98.7 cm³/mol. The minimum absolute atomic E-state index is 0.0952. The van der Waals surface area contributed by atoms with Gasteiger partial charge in [-0.05, 0) is 48.2 Å². The van der Waals surface area contributed by atoms with Crippen molar-refractivity contribution in [3.05, 3.63) is 45.4 Å². The number of nitrogens with zero attached hydrogens (tertiary/aromatic N) is 4. The molecule has 2 aromatic heterocycles. The van der Waals surface area contributed by atoms with Crippen LogP contribution >= 0.6 is 15.9 Å². The minimum Gasteiger partial charge on any atom is -0.372 e. The lowest BCUT2D eigenvalue weighted by Crippen LogP contribution is -2.28. The van der Waals surface area contributed by atoms with Gasteiger partial charge in [0.05, 0.1) is 11.9 Å². The molecule has 2 heterocycles. The van der Waals surface area contributed by atoms with Crippen LogP contribution in [0.15, 0.2) is 39.9 Å². The summed E-state index contributed by atoms with van der Waals surface area (Å²) in [6, 6.07) is 5.62. The Hall–Kier alpha value is -1.86. The lowest BCUT2D eigenvalue weighted by molar-refractivity contribution is 0.416. The van der Waals surface area contributed by atoms with Gasteiger partial charge in [-0.1, -0.05) is 0 Å². The number of aryl methyl sites for hydroxylation is 1. The van der Waals surface area contributed by atoms with Crippen LogP contribution in [0.25, 0.3) is 0 Å². The highest BCUT2D eigenvalue weighted by atomic mass is 79.9. The van der Waals surface area contributed by atoms with Gasteiger partial charge < -0.3 is 19.7 Å². The summed E-state index contributed by atoms with van der Waals surface area (Å²) in [5, 5.41) is 3.07. The zero-order valence-corrected chi connectivity index (χ0v) is 15.5. The monoisotopic (exact) mass is 379 g/mol. The average molecular weight is 380 g/mol. The van der Waals surface area contributed by atoms with E-state index in [1.165, 1.54) is 4.57 Å². The summed E-state index contributed by atoms with van der Waals surface area (Å²) in [5.41, 5.74) is 1.44. The molecule has 23 heavy (non-hydrogen) atoms. The molecule has 7 heteroatoms. The normalized spacial score (nSPS) is 10.9. The van der Waals surface area contributed by atoms with Gasteiger partial charge in [-0.15, -0.1) is 0 Å². The molecule has 0 spiro atoms. The first kappa shape index (κ1) is 17.5. The van der Waals surface area contributed by atoms with Crippen LogP contribution in [0, 0.1) is 0 Å². The second-order valence-electron chi connectivity index (χ2n) is 5.74. The number of anilines is 3. The summed E-state index contributed by atoms with van der Waals surface area (Å²) in [5.74, 6) is 0.643. The molecule has 0 amide bonds. The minimum atomic E-state index is -0.0952. The average Bonchev–Trinajstić information content (AvgIpc) is 2.50. The number of hydrogen-bond donors (Lipinski definition) is 1. The molecular weight excluding hydrogens is 358 g/mol. The molecule has 0 unspecified atom stereocenters. The molecule has 0 aromatic carbocycles. The Labute approximate surface area is 144 Å². The van der Waals surface area contributed by atoms with Gasteiger partial charge in [-0.25, -0.2) is 4.98 Å². The Morgan fingerprint density at radius 2 is 2.00 bits per heavy atom. The van der Waals surface area contributed by atoms with Gasteiger partial charge in [0.1, 0.15) is 11.5 Å². The molecule has 0 aliphatic heterocycles.